The molecule has 0 aliphatic carbocycles. The van der Waals surface area contributed by atoms with Gasteiger partial charge in [0.15, 0.2) is 5.16 Å². The van der Waals surface area contributed by atoms with Gasteiger partial charge in [0.05, 0.1) is 34.1 Å². The molecule has 1 aliphatic heterocycles. The van der Waals surface area contributed by atoms with E-state index < -0.39 is 0 Å². The lowest BCUT2D eigenvalue weighted by atomic mass is 9.86. The second-order valence-electron chi connectivity index (χ2n) is 12.4. The number of hydrogen-bond acceptors (Lipinski definition) is 5. The first-order chi connectivity index (χ1) is 21.1. The Morgan fingerprint density at radius 2 is 1.61 bits per heavy atom. The predicted molar refractivity (Wildman–Crippen MR) is 176 cm³/mol. The van der Waals surface area contributed by atoms with E-state index in [-0.39, 0.29) is 39.9 Å². The molecule has 1 aliphatic rings. The lowest BCUT2D eigenvalue weighted by Gasteiger charge is -2.26. The van der Waals surface area contributed by atoms with Crippen molar-refractivity contribution >= 4 is 28.6 Å². The van der Waals surface area contributed by atoms with E-state index in [9.17, 15) is 14.4 Å². The summed E-state index contributed by atoms with van der Waals surface area (Å²) in [6.07, 6.45) is 1.84. The molecule has 0 radical (unpaired) electrons. The van der Waals surface area contributed by atoms with Crippen molar-refractivity contribution in [2.75, 3.05) is 12.3 Å². The van der Waals surface area contributed by atoms with E-state index in [2.05, 4.69) is 45.0 Å². The molecule has 2 aromatic heterocycles. The number of thioether (sulfide) groups is 1. The zero-order valence-corrected chi connectivity index (χ0v) is 26.6. The second kappa shape index (κ2) is 11.6. The average molecular weight is 608 g/mol. The Labute approximate surface area is 260 Å². The Balaban J connectivity index is 1.36. The molecule has 5 aromatic rings. The minimum atomic E-state index is -0.338. The van der Waals surface area contributed by atoms with Gasteiger partial charge in [-0.15, -0.1) is 0 Å². The molecular formula is C35H37N5O3S. The van der Waals surface area contributed by atoms with Gasteiger partial charge in [-0.3, -0.25) is 19.1 Å². The van der Waals surface area contributed by atoms with Crippen molar-refractivity contribution in [3.05, 3.63) is 116 Å². The minimum Gasteiger partial charge on any atom is -0.335 e. The highest BCUT2D eigenvalue weighted by molar-refractivity contribution is 7.99. The minimum absolute atomic E-state index is 0.0123. The number of aromatic nitrogens is 4. The van der Waals surface area contributed by atoms with E-state index in [1.165, 1.54) is 21.9 Å². The zero-order chi connectivity index (χ0) is 31.2. The molecule has 1 saturated heterocycles. The average Bonchev–Trinajstić information content (AvgIpc) is 3.59. The molecule has 8 nitrogen and oxygen atoms in total. The summed E-state index contributed by atoms with van der Waals surface area (Å²) >= 11 is 1.20. The van der Waals surface area contributed by atoms with E-state index >= 15 is 0 Å². The first-order valence-corrected chi connectivity index (χ1v) is 15.9. The summed E-state index contributed by atoms with van der Waals surface area (Å²) in [5, 5.41) is 0.730. The van der Waals surface area contributed by atoms with E-state index in [1.54, 1.807) is 34.6 Å². The summed E-state index contributed by atoms with van der Waals surface area (Å²) in [6, 6.07) is 25.1. The largest absolute Gasteiger partial charge is 0.335 e. The van der Waals surface area contributed by atoms with Crippen molar-refractivity contribution in [1.29, 1.82) is 0 Å². The van der Waals surface area contributed by atoms with Gasteiger partial charge >= 0.3 is 0 Å². The fourth-order valence-electron chi connectivity index (χ4n) is 6.04. The van der Waals surface area contributed by atoms with Crippen LogP contribution in [0, 0.1) is 6.92 Å². The molecular weight excluding hydrogens is 570 g/mol. The van der Waals surface area contributed by atoms with Crippen molar-refractivity contribution in [1.82, 2.24) is 23.8 Å². The van der Waals surface area contributed by atoms with E-state index in [4.69, 9.17) is 4.98 Å². The first kappa shape index (κ1) is 29.7. The van der Waals surface area contributed by atoms with Gasteiger partial charge in [-0.25, -0.2) is 14.2 Å². The van der Waals surface area contributed by atoms with Gasteiger partial charge in [-0.2, -0.15) is 0 Å². The maximum absolute atomic E-state index is 14.0. The zero-order valence-electron chi connectivity index (χ0n) is 25.8. The van der Waals surface area contributed by atoms with Crippen LogP contribution in [0.3, 0.4) is 0 Å². The standard InChI is InChI=1S/C35H37N5O3S/c1-23-31(33(43)40(37(23)5)26-12-7-6-8-13-26)39-32(42)27-14-9-10-15-28(27)36-34(39)44-22-30(41)38-21-11-16-29(38)24-17-19-25(20-18-24)35(2,3)4/h6-10,12-15,17-20,29H,11,16,21-22H2,1-5H3. The van der Waals surface area contributed by atoms with E-state index in [0.29, 0.717) is 34.0 Å². The van der Waals surface area contributed by atoms with E-state index in [0.717, 1.165) is 18.4 Å². The molecule has 1 fully saturated rings. The number of para-hydroxylation sites is 2. The van der Waals surface area contributed by atoms with Crippen LogP contribution in [0.1, 0.15) is 56.5 Å². The van der Waals surface area contributed by atoms with Crippen LogP contribution in [0.5, 0.6) is 0 Å². The highest BCUT2D eigenvalue weighted by atomic mass is 32.2. The first-order valence-electron chi connectivity index (χ1n) is 14.9. The molecule has 1 atom stereocenters. The topological polar surface area (TPSA) is 82.1 Å². The van der Waals surface area contributed by atoms with Crippen LogP contribution < -0.4 is 11.1 Å². The third-order valence-corrected chi connectivity index (χ3v) is 9.48. The van der Waals surface area contributed by atoms with Gasteiger partial charge in [-0.05, 0) is 60.6 Å². The number of likely N-dealkylation sites (tertiary alicyclic amines) is 1. The highest BCUT2D eigenvalue weighted by Gasteiger charge is 2.31. The van der Waals surface area contributed by atoms with Crippen molar-refractivity contribution in [2.24, 2.45) is 7.05 Å². The maximum Gasteiger partial charge on any atom is 0.296 e. The predicted octanol–water partition coefficient (Wildman–Crippen LogP) is 5.94. The molecule has 0 saturated carbocycles. The molecule has 44 heavy (non-hydrogen) atoms. The summed E-state index contributed by atoms with van der Waals surface area (Å²) in [6.45, 7) is 9.08. The molecule has 0 bridgehead atoms. The van der Waals surface area contributed by atoms with Gasteiger partial charge in [0.25, 0.3) is 11.1 Å². The lowest BCUT2D eigenvalue weighted by molar-refractivity contribution is -0.129. The Morgan fingerprint density at radius 3 is 2.32 bits per heavy atom. The molecule has 3 aromatic carbocycles. The Kier molecular flexibility index (Phi) is 7.84. The Hall–Kier alpha value is -4.37. The van der Waals surface area contributed by atoms with Crippen molar-refractivity contribution in [2.45, 2.75) is 57.1 Å². The SMILES string of the molecule is Cc1c(-n2c(SCC(=O)N3CCCC3c3ccc(C(C)(C)C)cc3)nc3ccccc3c2=O)c(=O)n(-c2ccccc2)n1C. The van der Waals surface area contributed by atoms with Gasteiger partial charge in [0.1, 0.15) is 5.69 Å². The molecule has 6 rings (SSSR count). The van der Waals surface area contributed by atoms with Crippen LogP contribution in [0.2, 0.25) is 0 Å². The lowest BCUT2D eigenvalue weighted by Crippen LogP contribution is -2.32. The Bertz CT molecular complexity index is 1970. The number of hydrogen-bond donors (Lipinski definition) is 0. The fraction of sp³-hybridized carbons (Fsp3) is 0.314. The smallest absolute Gasteiger partial charge is 0.296 e. The summed E-state index contributed by atoms with van der Waals surface area (Å²) in [5.41, 5.74) is 3.85. The molecule has 0 spiro atoms. The quantitative estimate of drug-likeness (QED) is 0.176. The number of fused-ring (bicyclic) bond motifs is 1. The maximum atomic E-state index is 14.0. The van der Waals surface area contributed by atoms with Crippen LogP contribution in [0.25, 0.3) is 22.3 Å². The van der Waals surface area contributed by atoms with Crippen LogP contribution in [0.4, 0.5) is 0 Å². The number of benzene rings is 3. The van der Waals surface area contributed by atoms with Crippen LogP contribution in [-0.2, 0) is 17.3 Å². The van der Waals surface area contributed by atoms with Crippen molar-refractivity contribution in [3.8, 4) is 11.4 Å². The number of amides is 1. The number of rotatable bonds is 6. The summed E-state index contributed by atoms with van der Waals surface area (Å²) in [4.78, 5) is 48.4. The Morgan fingerprint density at radius 1 is 0.932 bits per heavy atom. The molecule has 1 unspecified atom stereocenters. The fourth-order valence-corrected chi connectivity index (χ4v) is 6.93. The molecule has 1 amide bonds. The summed E-state index contributed by atoms with van der Waals surface area (Å²) in [7, 11) is 1.80. The third-order valence-electron chi connectivity index (χ3n) is 8.55. The molecule has 9 heteroatoms. The van der Waals surface area contributed by atoms with Gasteiger partial charge in [0, 0.05) is 13.6 Å². The normalized spacial score (nSPS) is 15.3. The van der Waals surface area contributed by atoms with Crippen LogP contribution >= 0.6 is 11.8 Å². The highest BCUT2D eigenvalue weighted by Crippen LogP contribution is 2.34. The van der Waals surface area contributed by atoms with Crippen LogP contribution in [-0.4, -0.2) is 42.0 Å². The summed E-state index contributed by atoms with van der Waals surface area (Å²) < 4.78 is 4.68. The number of carbonyl (C=O) groups is 1. The van der Waals surface area contributed by atoms with E-state index in [1.807, 2.05) is 48.2 Å². The molecule has 0 N–H and O–H groups in total. The van der Waals surface area contributed by atoms with Gasteiger partial charge < -0.3 is 4.90 Å². The number of carbonyl (C=O) groups excluding carboxylic acids is 1. The molecule has 3 heterocycles. The van der Waals surface area contributed by atoms with Crippen LogP contribution in [0.15, 0.2) is 93.6 Å². The van der Waals surface area contributed by atoms with Crippen molar-refractivity contribution < 1.29 is 4.79 Å². The summed E-state index contributed by atoms with van der Waals surface area (Å²) in [5.74, 6) is 0.0814. The monoisotopic (exact) mass is 607 g/mol. The van der Waals surface area contributed by atoms with Gasteiger partial charge in [0.2, 0.25) is 5.91 Å². The van der Waals surface area contributed by atoms with Crippen molar-refractivity contribution in [3.63, 3.8) is 0 Å². The third kappa shape index (κ3) is 5.30. The number of nitrogens with zero attached hydrogens (tertiary/aromatic N) is 5. The molecule has 226 valence electrons. The second-order valence-corrected chi connectivity index (χ2v) is 13.3. The van der Waals surface area contributed by atoms with Gasteiger partial charge in [-0.1, -0.05) is 87.1 Å².